The van der Waals surface area contributed by atoms with E-state index in [0.29, 0.717) is 12.5 Å². The third kappa shape index (κ3) is 3.49. The van der Waals surface area contributed by atoms with Gasteiger partial charge in [-0.15, -0.1) is 11.6 Å². The van der Waals surface area contributed by atoms with E-state index in [1.54, 1.807) is 12.1 Å². The van der Waals surface area contributed by atoms with E-state index in [0.717, 1.165) is 23.3 Å². The monoisotopic (exact) mass is 289 g/mol. The van der Waals surface area contributed by atoms with Crippen molar-refractivity contribution >= 4 is 11.6 Å². The van der Waals surface area contributed by atoms with Gasteiger partial charge < -0.3 is 4.74 Å². The smallest absolute Gasteiger partial charge is 0.141 e. The second kappa shape index (κ2) is 6.93. The fourth-order valence-corrected chi connectivity index (χ4v) is 1.88. The summed E-state index contributed by atoms with van der Waals surface area (Å²) in [4.78, 5) is 0. The molecular weight excluding hydrogens is 277 g/mol. The Morgan fingerprint density at radius 3 is 2.40 bits per heavy atom. The van der Waals surface area contributed by atoms with Gasteiger partial charge in [0.15, 0.2) is 0 Å². The molecule has 20 heavy (non-hydrogen) atoms. The second-order valence-corrected chi connectivity index (χ2v) is 4.60. The van der Waals surface area contributed by atoms with E-state index in [2.05, 4.69) is 0 Å². The minimum Gasteiger partial charge on any atom is -0.494 e. The molecule has 0 bridgehead atoms. The lowest BCUT2D eigenvalue weighted by Crippen LogP contribution is -1.97. The Kier molecular flexibility index (Phi) is 4.97. The van der Waals surface area contributed by atoms with E-state index in [9.17, 15) is 4.39 Å². The first-order valence-corrected chi connectivity index (χ1v) is 6.77. The molecule has 0 spiro atoms. The number of halogens is 2. The third-order valence-electron chi connectivity index (χ3n) is 2.82. The highest BCUT2D eigenvalue weighted by molar-refractivity contribution is 6.17. The Hall–Kier alpha value is -2.05. The normalized spacial score (nSPS) is 10.1. The molecule has 2 aromatic rings. The molecule has 4 heteroatoms. The number of ether oxygens (including phenoxy) is 1. The Balaban J connectivity index is 2.14. The van der Waals surface area contributed by atoms with Crippen LogP contribution < -0.4 is 4.74 Å². The van der Waals surface area contributed by atoms with Gasteiger partial charge in [-0.25, -0.2) is 4.39 Å². The number of rotatable bonds is 5. The fourth-order valence-electron chi connectivity index (χ4n) is 1.77. The molecule has 0 radical (unpaired) electrons. The number of nitrogens with zero attached hydrogens (tertiary/aromatic N) is 1. The SMILES string of the molecule is N#Cc1ccc(-c2ccc(OCCCCl)cc2)cc1F. The first kappa shape index (κ1) is 14.4. The van der Waals surface area contributed by atoms with Gasteiger partial charge in [-0.05, 0) is 41.8 Å². The van der Waals surface area contributed by atoms with E-state index in [-0.39, 0.29) is 5.56 Å². The van der Waals surface area contributed by atoms with Crippen LogP contribution >= 0.6 is 11.6 Å². The van der Waals surface area contributed by atoms with Gasteiger partial charge in [0, 0.05) is 5.88 Å². The summed E-state index contributed by atoms with van der Waals surface area (Å²) in [5.41, 5.74) is 1.65. The van der Waals surface area contributed by atoms with Gasteiger partial charge in [-0.1, -0.05) is 18.2 Å². The number of benzene rings is 2. The lowest BCUT2D eigenvalue weighted by Gasteiger charge is -2.07. The average Bonchev–Trinajstić information content (AvgIpc) is 2.48. The van der Waals surface area contributed by atoms with Crippen molar-refractivity contribution in [2.45, 2.75) is 6.42 Å². The zero-order valence-electron chi connectivity index (χ0n) is 10.8. The zero-order chi connectivity index (χ0) is 14.4. The van der Waals surface area contributed by atoms with Gasteiger partial charge in [-0.2, -0.15) is 5.26 Å². The predicted octanol–water partition coefficient (Wildman–Crippen LogP) is 4.37. The van der Waals surface area contributed by atoms with Crippen molar-refractivity contribution in [3.05, 3.63) is 53.8 Å². The van der Waals surface area contributed by atoms with Crippen molar-refractivity contribution in [1.29, 1.82) is 5.26 Å². The summed E-state index contributed by atoms with van der Waals surface area (Å²) in [7, 11) is 0. The lowest BCUT2D eigenvalue weighted by molar-refractivity contribution is 0.318. The first-order valence-electron chi connectivity index (χ1n) is 6.23. The van der Waals surface area contributed by atoms with Gasteiger partial charge in [0.25, 0.3) is 0 Å². The maximum Gasteiger partial charge on any atom is 0.141 e. The molecule has 0 fully saturated rings. The summed E-state index contributed by atoms with van der Waals surface area (Å²) >= 11 is 5.57. The van der Waals surface area contributed by atoms with Crippen LogP contribution in [0.4, 0.5) is 4.39 Å². The van der Waals surface area contributed by atoms with Crippen LogP contribution in [0.5, 0.6) is 5.75 Å². The van der Waals surface area contributed by atoms with E-state index in [1.165, 1.54) is 12.1 Å². The molecule has 0 N–H and O–H groups in total. The molecule has 102 valence electrons. The molecule has 2 nitrogen and oxygen atoms in total. The van der Waals surface area contributed by atoms with Crippen LogP contribution in [0.1, 0.15) is 12.0 Å². The van der Waals surface area contributed by atoms with Crippen LogP contribution in [0.2, 0.25) is 0 Å². The Labute approximate surface area is 122 Å². The Morgan fingerprint density at radius 2 is 1.80 bits per heavy atom. The standard InChI is InChI=1S/C16H13ClFNO/c17-8-1-9-20-15-6-4-12(5-7-15)13-2-3-14(11-19)16(18)10-13/h2-7,10H,1,8-9H2. The molecule has 0 saturated heterocycles. The first-order chi connectivity index (χ1) is 9.74. The van der Waals surface area contributed by atoms with Crippen molar-refractivity contribution in [1.82, 2.24) is 0 Å². The number of nitriles is 1. The molecule has 0 aromatic heterocycles. The predicted molar refractivity (Wildman–Crippen MR) is 77.4 cm³/mol. The summed E-state index contributed by atoms with van der Waals surface area (Å²) < 4.78 is 19.1. The summed E-state index contributed by atoms with van der Waals surface area (Å²) in [5, 5.41) is 8.70. The van der Waals surface area contributed by atoms with Gasteiger partial charge in [-0.3, -0.25) is 0 Å². The largest absolute Gasteiger partial charge is 0.494 e. The van der Waals surface area contributed by atoms with Crippen LogP contribution in [-0.4, -0.2) is 12.5 Å². The lowest BCUT2D eigenvalue weighted by atomic mass is 10.0. The van der Waals surface area contributed by atoms with Crippen molar-refractivity contribution < 1.29 is 9.13 Å². The van der Waals surface area contributed by atoms with Crippen molar-refractivity contribution in [2.75, 3.05) is 12.5 Å². The third-order valence-corrected chi connectivity index (χ3v) is 3.09. The fraction of sp³-hybridized carbons (Fsp3) is 0.188. The highest BCUT2D eigenvalue weighted by atomic mass is 35.5. The minimum atomic E-state index is -0.507. The maximum absolute atomic E-state index is 13.6. The van der Waals surface area contributed by atoms with E-state index in [4.69, 9.17) is 21.6 Å². The molecule has 0 aliphatic carbocycles. The molecule has 0 atom stereocenters. The van der Waals surface area contributed by atoms with Gasteiger partial charge >= 0.3 is 0 Å². The maximum atomic E-state index is 13.6. The number of alkyl halides is 1. The van der Waals surface area contributed by atoms with Crippen LogP contribution in [0.3, 0.4) is 0 Å². The van der Waals surface area contributed by atoms with Crippen molar-refractivity contribution in [3.63, 3.8) is 0 Å². The van der Waals surface area contributed by atoms with Gasteiger partial charge in [0.05, 0.1) is 12.2 Å². The van der Waals surface area contributed by atoms with Crippen LogP contribution in [-0.2, 0) is 0 Å². The molecule has 0 aliphatic heterocycles. The van der Waals surface area contributed by atoms with E-state index < -0.39 is 5.82 Å². The van der Waals surface area contributed by atoms with Crippen LogP contribution in [0, 0.1) is 17.1 Å². The summed E-state index contributed by atoms with van der Waals surface area (Å²) in [6.45, 7) is 0.578. The Morgan fingerprint density at radius 1 is 1.10 bits per heavy atom. The van der Waals surface area contributed by atoms with Crippen LogP contribution in [0.25, 0.3) is 11.1 Å². The van der Waals surface area contributed by atoms with E-state index >= 15 is 0 Å². The summed E-state index contributed by atoms with van der Waals surface area (Å²) in [5.74, 6) is 0.822. The minimum absolute atomic E-state index is 0.0507. The highest BCUT2D eigenvalue weighted by Gasteiger charge is 2.04. The quantitative estimate of drug-likeness (QED) is 0.605. The van der Waals surface area contributed by atoms with Crippen molar-refractivity contribution in [2.24, 2.45) is 0 Å². The molecule has 0 saturated carbocycles. The van der Waals surface area contributed by atoms with Gasteiger partial charge in [0.1, 0.15) is 17.6 Å². The molecule has 0 unspecified atom stereocenters. The zero-order valence-corrected chi connectivity index (χ0v) is 11.5. The average molecular weight is 290 g/mol. The van der Waals surface area contributed by atoms with E-state index in [1.807, 2.05) is 24.3 Å². The topological polar surface area (TPSA) is 33.0 Å². The second-order valence-electron chi connectivity index (χ2n) is 4.22. The van der Waals surface area contributed by atoms with Crippen LogP contribution in [0.15, 0.2) is 42.5 Å². The molecule has 0 heterocycles. The molecular formula is C16H13ClFNO. The summed E-state index contributed by atoms with van der Waals surface area (Å²) in [6, 6.07) is 13.8. The highest BCUT2D eigenvalue weighted by Crippen LogP contribution is 2.24. The number of hydrogen-bond donors (Lipinski definition) is 0. The molecule has 0 amide bonds. The van der Waals surface area contributed by atoms with Crippen molar-refractivity contribution in [3.8, 4) is 22.9 Å². The Bertz CT molecular complexity index is 619. The van der Waals surface area contributed by atoms with Gasteiger partial charge in [0.2, 0.25) is 0 Å². The number of hydrogen-bond acceptors (Lipinski definition) is 2. The molecule has 2 rings (SSSR count). The molecule has 0 aliphatic rings. The molecule has 2 aromatic carbocycles. The summed E-state index contributed by atoms with van der Waals surface area (Å²) in [6.07, 6.45) is 0.796.